The number of amides is 1. The largest absolute Gasteiger partial charge is 0.339 e. The lowest BCUT2D eigenvalue weighted by molar-refractivity contribution is -0.130. The first kappa shape index (κ1) is 12.1. The third kappa shape index (κ3) is 3.56. The Hall–Kier alpha value is -1.36. The summed E-state index contributed by atoms with van der Waals surface area (Å²) < 4.78 is 1.86. The van der Waals surface area contributed by atoms with Crippen LogP contribution in [0, 0.1) is 0 Å². The molecular formula is C12H20N4O. The highest BCUT2D eigenvalue weighted by Gasteiger charge is 2.30. The summed E-state index contributed by atoms with van der Waals surface area (Å²) in [5.41, 5.74) is 0. The normalized spacial score (nSPS) is 14.9. The molecule has 1 heterocycles. The van der Waals surface area contributed by atoms with E-state index in [-0.39, 0.29) is 5.91 Å². The molecule has 0 saturated heterocycles. The minimum absolute atomic E-state index is 0.218. The van der Waals surface area contributed by atoms with Gasteiger partial charge in [0.05, 0.1) is 13.1 Å². The highest BCUT2D eigenvalue weighted by atomic mass is 16.2. The van der Waals surface area contributed by atoms with E-state index < -0.39 is 0 Å². The molecular weight excluding hydrogens is 216 g/mol. The van der Waals surface area contributed by atoms with Crippen molar-refractivity contribution in [2.75, 3.05) is 19.6 Å². The maximum absolute atomic E-state index is 11.9. The first-order valence-corrected chi connectivity index (χ1v) is 6.29. The molecule has 1 fully saturated rings. The Morgan fingerprint density at radius 2 is 2.41 bits per heavy atom. The van der Waals surface area contributed by atoms with E-state index >= 15 is 0 Å². The van der Waals surface area contributed by atoms with Gasteiger partial charge in [0, 0.05) is 31.5 Å². The lowest BCUT2D eigenvalue weighted by Gasteiger charge is -2.20. The fraction of sp³-hybridized carbons (Fsp3) is 0.667. The molecule has 0 bridgehead atoms. The van der Waals surface area contributed by atoms with Gasteiger partial charge >= 0.3 is 0 Å². The Balaban J connectivity index is 1.62. The van der Waals surface area contributed by atoms with E-state index in [1.807, 2.05) is 28.8 Å². The predicted molar refractivity (Wildman–Crippen MR) is 65.5 cm³/mol. The molecule has 0 atom stereocenters. The lowest BCUT2D eigenvalue weighted by Crippen LogP contribution is -2.40. The third-order valence-electron chi connectivity index (χ3n) is 3.00. The van der Waals surface area contributed by atoms with Gasteiger partial charge in [-0.2, -0.15) is 5.10 Å². The Labute approximate surface area is 102 Å². The second kappa shape index (κ2) is 5.82. The third-order valence-corrected chi connectivity index (χ3v) is 3.00. The minimum atomic E-state index is 0.218. The number of hydrogen-bond donors (Lipinski definition) is 1. The molecule has 1 aliphatic carbocycles. The second-order valence-corrected chi connectivity index (χ2v) is 4.36. The molecule has 1 saturated carbocycles. The van der Waals surface area contributed by atoms with Gasteiger partial charge in [0.15, 0.2) is 0 Å². The van der Waals surface area contributed by atoms with E-state index in [9.17, 15) is 4.79 Å². The summed E-state index contributed by atoms with van der Waals surface area (Å²) in [5.74, 6) is 0.218. The Morgan fingerprint density at radius 1 is 1.59 bits per heavy atom. The van der Waals surface area contributed by atoms with E-state index in [0.717, 1.165) is 19.6 Å². The number of hydrogen-bond acceptors (Lipinski definition) is 3. The van der Waals surface area contributed by atoms with Gasteiger partial charge in [-0.1, -0.05) is 0 Å². The van der Waals surface area contributed by atoms with Crippen LogP contribution in [0.1, 0.15) is 19.8 Å². The fourth-order valence-electron chi connectivity index (χ4n) is 1.95. The quantitative estimate of drug-likeness (QED) is 0.701. The van der Waals surface area contributed by atoms with Gasteiger partial charge in [-0.3, -0.25) is 9.48 Å². The van der Waals surface area contributed by atoms with Gasteiger partial charge in [-0.25, -0.2) is 0 Å². The Kier molecular flexibility index (Phi) is 4.14. The van der Waals surface area contributed by atoms with Crippen LogP contribution in [0.3, 0.4) is 0 Å². The number of aromatic nitrogens is 2. The Bertz CT molecular complexity index is 345. The summed E-state index contributed by atoms with van der Waals surface area (Å²) in [4.78, 5) is 13.8. The van der Waals surface area contributed by atoms with E-state index in [1.54, 1.807) is 6.20 Å². The molecule has 1 N–H and O–H groups in total. The number of likely N-dealkylation sites (N-methyl/N-ethyl adjacent to an activating group) is 1. The van der Waals surface area contributed by atoms with Crippen LogP contribution in [-0.4, -0.2) is 46.3 Å². The van der Waals surface area contributed by atoms with Crippen molar-refractivity contribution in [3.8, 4) is 0 Å². The van der Waals surface area contributed by atoms with Crippen molar-refractivity contribution in [2.24, 2.45) is 0 Å². The zero-order valence-electron chi connectivity index (χ0n) is 10.3. The van der Waals surface area contributed by atoms with Crippen LogP contribution in [0.15, 0.2) is 18.5 Å². The van der Waals surface area contributed by atoms with E-state index in [1.165, 1.54) is 12.8 Å². The van der Waals surface area contributed by atoms with Crippen molar-refractivity contribution in [3.63, 3.8) is 0 Å². The minimum Gasteiger partial charge on any atom is -0.339 e. The highest BCUT2D eigenvalue weighted by Crippen LogP contribution is 2.26. The molecule has 17 heavy (non-hydrogen) atoms. The van der Waals surface area contributed by atoms with Gasteiger partial charge in [0.25, 0.3) is 0 Å². The van der Waals surface area contributed by atoms with Crippen LogP contribution in [0.2, 0.25) is 0 Å². The van der Waals surface area contributed by atoms with Gasteiger partial charge in [-0.05, 0) is 25.8 Å². The van der Waals surface area contributed by atoms with Crippen LogP contribution in [0.5, 0.6) is 0 Å². The number of nitrogens with one attached hydrogen (secondary N) is 1. The number of carbonyl (C=O) groups is 1. The summed E-state index contributed by atoms with van der Waals surface area (Å²) in [6, 6.07) is 2.41. The molecule has 1 aromatic heterocycles. The molecule has 5 nitrogen and oxygen atoms in total. The Morgan fingerprint density at radius 3 is 3.00 bits per heavy atom. The standard InChI is InChI=1S/C12H20N4O/c1-2-16(11-4-5-11)12(17)10-13-7-9-15-8-3-6-14-15/h3,6,8,11,13H,2,4-5,7,9-10H2,1H3. The zero-order valence-corrected chi connectivity index (χ0v) is 10.3. The van der Waals surface area contributed by atoms with E-state index in [0.29, 0.717) is 12.6 Å². The zero-order chi connectivity index (χ0) is 12.1. The van der Waals surface area contributed by atoms with Crippen LogP contribution in [0.4, 0.5) is 0 Å². The molecule has 0 aromatic carbocycles. The molecule has 0 spiro atoms. The van der Waals surface area contributed by atoms with Crippen molar-refractivity contribution in [1.82, 2.24) is 20.0 Å². The molecule has 1 aliphatic rings. The van der Waals surface area contributed by atoms with Crippen LogP contribution in [-0.2, 0) is 11.3 Å². The summed E-state index contributed by atoms with van der Waals surface area (Å²) in [6.45, 7) is 4.88. The summed E-state index contributed by atoms with van der Waals surface area (Å²) >= 11 is 0. The average Bonchev–Trinajstić information content (AvgIpc) is 3.02. The van der Waals surface area contributed by atoms with Crippen molar-refractivity contribution in [1.29, 1.82) is 0 Å². The monoisotopic (exact) mass is 236 g/mol. The summed E-state index contributed by atoms with van der Waals surface area (Å²) in [7, 11) is 0. The summed E-state index contributed by atoms with van der Waals surface area (Å²) in [6.07, 6.45) is 6.03. The molecule has 1 aromatic rings. The lowest BCUT2D eigenvalue weighted by atomic mass is 10.4. The molecule has 0 aliphatic heterocycles. The predicted octanol–water partition coefficient (Wildman–Crippen LogP) is 0.484. The number of rotatable bonds is 7. The SMILES string of the molecule is CCN(C(=O)CNCCn1cccn1)C1CC1. The highest BCUT2D eigenvalue weighted by molar-refractivity contribution is 5.78. The van der Waals surface area contributed by atoms with Gasteiger partial charge in [0.1, 0.15) is 0 Å². The molecule has 94 valence electrons. The first-order chi connectivity index (χ1) is 8.31. The van der Waals surface area contributed by atoms with Gasteiger partial charge < -0.3 is 10.2 Å². The van der Waals surface area contributed by atoms with Crippen LogP contribution < -0.4 is 5.32 Å². The fourth-order valence-corrected chi connectivity index (χ4v) is 1.95. The van der Waals surface area contributed by atoms with Crippen molar-refractivity contribution >= 4 is 5.91 Å². The molecule has 0 unspecified atom stereocenters. The van der Waals surface area contributed by atoms with Crippen LogP contribution >= 0.6 is 0 Å². The average molecular weight is 236 g/mol. The smallest absolute Gasteiger partial charge is 0.236 e. The first-order valence-electron chi connectivity index (χ1n) is 6.29. The van der Waals surface area contributed by atoms with Gasteiger partial charge in [0.2, 0.25) is 5.91 Å². The van der Waals surface area contributed by atoms with E-state index in [2.05, 4.69) is 10.4 Å². The topological polar surface area (TPSA) is 50.2 Å². The maximum atomic E-state index is 11.9. The second-order valence-electron chi connectivity index (χ2n) is 4.36. The van der Waals surface area contributed by atoms with Crippen molar-refractivity contribution in [3.05, 3.63) is 18.5 Å². The van der Waals surface area contributed by atoms with Crippen molar-refractivity contribution in [2.45, 2.75) is 32.4 Å². The summed E-state index contributed by atoms with van der Waals surface area (Å²) in [5, 5.41) is 7.27. The molecule has 2 rings (SSSR count). The van der Waals surface area contributed by atoms with E-state index in [4.69, 9.17) is 0 Å². The van der Waals surface area contributed by atoms with Crippen LogP contribution in [0.25, 0.3) is 0 Å². The van der Waals surface area contributed by atoms with Gasteiger partial charge in [-0.15, -0.1) is 0 Å². The van der Waals surface area contributed by atoms with Crippen molar-refractivity contribution < 1.29 is 4.79 Å². The number of nitrogens with zero attached hydrogens (tertiary/aromatic N) is 3. The molecule has 0 radical (unpaired) electrons. The molecule has 1 amide bonds. The maximum Gasteiger partial charge on any atom is 0.236 e. The number of carbonyl (C=O) groups excluding carboxylic acids is 1. The molecule has 5 heteroatoms.